The second-order valence-corrected chi connectivity index (χ2v) is 11.6. The standard InChI is InChI=1S/C43H27N3O/c1-3-12-28(13-4-1)29-22-24-32(25-23-29)42-44-41(31-15-5-2-6-16-31)45-43(46-42)36-19-10-9-18-34(36)35-20-11-21-37-40(35)39-33-17-8-7-14-30(33)26-27-38(39)47-37/h1-27H. The molecule has 0 aliphatic heterocycles. The lowest BCUT2D eigenvalue weighted by Crippen LogP contribution is -2.01. The van der Waals surface area contributed by atoms with Crippen LogP contribution >= 0.6 is 0 Å². The van der Waals surface area contributed by atoms with Crippen molar-refractivity contribution in [2.24, 2.45) is 0 Å². The van der Waals surface area contributed by atoms with E-state index in [1.54, 1.807) is 0 Å². The molecule has 0 saturated carbocycles. The molecule has 4 heteroatoms. The lowest BCUT2D eigenvalue weighted by atomic mass is 9.93. The van der Waals surface area contributed by atoms with Crippen molar-refractivity contribution in [3.05, 3.63) is 164 Å². The zero-order valence-electron chi connectivity index (χ0n) is 25.3. The fraction of sp³-hybridized carbons (Fsp3) is 0. The number of rotatable bonds is 5. The molecule has 47 heavy (non-hydrogen) atoms. The largest absolute Gasteiger partial charge is 0.456 e. The van der Waals surface area contributed by atoms with E-state index >= 15 is 0 Å². The highest BCUT2D eigenvalue weighted by Crippen LogP contribution is 2.42. The number of hydrogen-bond acceptors (Lipinski definition) is 4. The number of aromatic nitrogens is 3. The number of furan rings is 1. The predicted molar refractivity (Wildman–Crippen MR) is 192 cm³/mol. The first-order valence-electron chi connectivity index (χ1n) is 15.7. The summed E-state index contributed by atoms with van der Waals surface area (Å²) in [6.07, 6.45) is 0. The molecule has 7 aromatic carbocycles. The maximum Gasteiger partial charge on any atom is 0.164 e. The quantitative estimate of drug-likeness (QED) is 0.197. The molecule has 0 saturated heterocycles. The fourth-order valence-corrected chi connectivity index (χ4v) is 6.51. The molecule has 0 atom stereocenters. The van der Waals surface area contributed by atoms with E-state index < -0.39 is 0 Å². The van der Waals surface area contributed by atoms with Gasteiger partial charge in [-0.05, 0) is 45.2 Å². The minimum absolute atomic E-state index is 0.617. The summed E-state index contributed by atoms with van der Waals surface area (Å²) in [4.78, 5) is 15.2. The topological polar surface area (TPSA) is 51.8 Å². The zero-order valence-corrected chi connectivity index (χ0v) is 25.3. The van der Waals surface area contributed by atoms with Crippen LogP contribution in [0.15, 0.2) is 168 Å². The maximum absolute atomic E-state index is 6.42. The van der Waals surface area contributed by atoms with Crippen molar-refractivity contribution < 1.29 is 4.42 Å². The first kappa shape index (κ1) is 27.0. The van der Waals surface area contributed by atoms with Crippen LogP contribution in [0, 0.1) is 0 Å². The van der Waals surface area contributed by atoms with Crippen LogP contribution in [-0.2, 0) is 0 Å². The van der Waals surface area contributed by atoms with Crippen molar-refractivity contribution in [3.63, 3.8) is 0 Å². The first-order chi connectivity index (χ1) is 23.3. The van der Waals surface area contributed by atoms with E-state index in [1.165, 1.54) is 16.3 Å². The lowest BCUT2D eigenvalue weighted by Gasteiger charge is -2.13. The molecule has 9 rings (SSSR count). The van der Waals surface area contributed by atoms with Crippen molar-refractivity contribution >= 4 is 32.7 Å². The van der Waals surface area contributed by atoms with Crippen LogP contribution in [0.3, 0.4) is 0 Å². The Labute approximate surface area is 271 Å². The predicted octanol–water partition coefficient (Wildman–Crippen LogP) is 11.3. The summed E-state index contributed by atoms with van der Waals surface area (Å²) in [6.45, 7) is 0. The minimum Gasteiger partial charge on any atom is -0.456 e. The zero-order chi connectivity index (χ0) is 31.2. The van der Waals surface area contributed by atoms with Gasteiger partial charge >= 0.3 is 0 Å². The van der Waals surface area contributed by atoms with Gasteiger partial charge in [0.05, 0.1) is 0 Å². The molecule has 0 N–H and O–H groups in total. The summed E-state index contributed by atoms with van der Waals surface area (Å²) in [5.74, 6) is 1.87. The van der Waals surface area contributed by atoms with Gasteiger partial charge in [-0.2, -0.15) is 0 Å². The average molecular weight is 602 g/mol. The van der Waals surface area contributed by atoms with E-state index in [-0.39, 0.29) is 0 Å². The molecule has 0 spiro atoms. The first-order valence-corrected chi connectivity index (χ1v) is 15.7. The third kappa shape index (κ3) is 4.75. The molecule has 0 amide bonds. The second-order valence-electron chi connectivity index (χ2n) is 11.6. The van der Waals surface area contributed by atoms with Gasteiger partial charge in [0, 0.05) is 27.5 Å². The fourth-order valence-electron chi connectivity index (χ4n) is 6.51. The molecular formula is C43H27N3O. The highest BCUT2D eigenvalue weighted by molar-refractivity contribution is 6.23. The molecule has 0 aliphatic rings. The van der Waals surface area contributed by atoms with Crippen molar-refractivity contribution in [1.29, 1.82) is 0 Å². The molecule has 0 fully saturated rings. The van der Waals surface area contributed by atoms with Crippen molar-refractivity contribution in [3.8, 4) is 56.4 Å². The molecule has 0 radical (unpaired) electrons. The van der Waals surface area contributed by atoms with Gasteiger partial charge in [-0.25, -0.2) is 15.0 Å². The van der Waals surface area contributed by atoms with Crippen LogP contribution in [0.1, 0.15) is 0 Å². The molecular weight excluding hydrogens is 574 g/mol. The Hall–Kier alpha value is -6.39. The highest BCUT2D eigenvalue weighted by atomic mass is 16.3. The Morgan fingerprint density at radius 3 is 1.62 bits per heavy atom. The van der Waals surface area contributed by atoms with Gasteiger partial charge in [0.25, 0.3) is 0 Å². The summed E-state index contributed by atoms with van der Waals surface area (Å²) in [7, 11) is 0. The third-order valence-electron chi connectivity index (χ3n) is 8.76. The smallest absolute Gasteiger partial charge is 0.164 e. The summed E-state index contributed by atoms with van der Waals surface area (Å²) in [5.41, 5.74) is 8.93. The van der Waals surface area contributed by atoms with E-state index in [0.29, 0.717) is 17.5 Å². The Bertz CT molecular complexity index is 2550. The van der Waals surface area contributed by atoms with Gasteiger partial charge in [0.2, 0.25) is 0 Å². The van der Waals surface area contributed by atoms with Gasteiger partial charge in [0.1, 0.15) is 11.2 Å². The summed E-state index contributed by atoms with van der Waals surface area (Å²) in [5, 5.41) is 4.55. The summed E-state index contributed by atoms with van der Waals surface area (Å²) >= 11 is 0. The Morgan fingerprint density at radius 1 is 0.319 bits per heavy atom. The number of benzene rings is 7. The number of hydrogen-bond donors (Lipinski definition) is 0. The van der Waals surface area contributed by atoms with Crippen LogP contribution in [0.5, 0.6) is 0 Å². The van der Waals surface area contributed by atoms with Crippen LogP contribution in [-0.4, -0.2) is 15.0 Å². The molecule has 4 nitrogen and oxygen atoms in total. The highest BCUT2D eigenvalue weighted by Gasteiger charge is 2.20. The summed E-state index contributed by atoms with van der Waals surface area (Å²) < 4.78 is 6.42. The van der Waals surface area contributed by atoms with E-state index in [0.717, 1.165) is 55.3 Å². The van der Waals surface area contributed by atoms with E-state index in [9.17, 15) is 0 Å². The minimum atomic E-state index is 0.617. The van der Waals surface area contributed by atoms with Crippen LogP contribution in [0.2, 0.25) is 0 Å². The van der Waals surface area contributed by atoms with Gasteiger partial charge in [0.15, 0.2) is 17.5 Å². The molecule has 0 aliphatic carbocycles. The van der Waals surface area contributed by atoms with E-state index in [2.05, 4.69) is 115 Å². The SMILES string of the molecule is c1ccc(-c2ccc(-c3nc(-c4ccccc4)nc(-c4ccccc4-c4cccc5oc6ccc7ccccc7c6c45)n3)cc2)cc1. The van der Waals surface area contributed by atoms with Crippen LogP contribution < -0.4 is 0 Å². The van der Waals surface area contributed by atoms with Gasteiger partial charge in [-0.1, -0.05) is 152 Å². The number of fused-ring (bicyclic) bond motifs is 5. The molecule has 2 heterocycles. The molecule has 0 unspecified atom stereocenters. The third-order valence-corrected chi connectivity index (χ3v) is 8.76. The molecule has 2 aromatic heterocycles. The van der Waals surface area contributed by atoms with Gasteiger partial charge in [-0.15, -0.1) is 0 Å². The Morgan fingerprint density at radius 2 is 0.851 bits per heavy atom. The average Bonchev–Trinajstić information content (AvgIpc) is 3.55. The van der Waals surface area contributed by atoms with Crippen molar-refractivity contribution in [2.45, 2.75) is 0 Å². The van der Waals surface area contributed by atoms with Gasteiger partial charge < -0.3 is 4.42 Å². The normalized spacial score (nSPS) is 11.4. The van der Waals surface area contributed by atoms with Crippen molar-refractivity contribution in [2.75, 3.05) is 0 Å². The molecule has 220 valence electrons. The van der Waals surface area contributed by atoms with Gasteiger partial charge in [-0.3, -0.25) is 0 Å². The monoisotopic (exact) mass is 601 g/mol. The maximum atomic E-state index is 6.42. The summed E-state index contributed by atoms with van der Waals surface area (Å²) in [6, 6.07) is 56.2. The van der Waals surface area contributed by atoms with Crippen LogP contribution in [0.25, 0.3) is 89.1 Å². The Balaban J connectivity index is 1.25. The van der Waals surface area contributed by atoms with Crippen LogP contribution in [0.4, 0.5) is 0 Å². The molecule has 0 bridgehead atoms. The lowest BCUT2D eigenvalue weighted by molar-refractivity contribution is 0.669. The van der Waals surface area contributed by atoms with Crippen molar-refractivity contribution in [1.82, 2.24) is 15.0 Å². The molecule has 9 aromatic rings. The van der Waals surface area contributed by atoms with E-state index in [1.807, 2.05) is 48.5 Å². The second kappa shape index (κ2) is 11.2. The van der Waals surface area contributed by atoms with E-state index in [4.69, 9.17) is 19.4 Å². The number of nitrogens with zero attached hydrogens (tertiary/aromatic N) is 3. The Kier molecular flexibility index (Phi) is 6.43.